The highest BCUT2D eigenvalue weighted by molar-refractivity contribution is 5.93. The van der Waals surface area contributed by atoms with Crippen LogP contribution in [0.2, 0.25) is 0 Å². The van der Waals surface area contributed by atoms with E-state index in [1.54, 1.807) is 6.07 Å². The number of hydrogen-bond acceptors (Lipinski definition) is 5. The second-order valence-corrected chi connectivity index (χ2v) is 7.70. The molecule has 7 nitrogen and oxygen atoms in total. The first kappa shape index (κ1) is 21.8. The Balaban J connectivity index is 1.46. The number of aromatic nitrogens is 2. The van der Waals surface area contributed by atoms with Gasteiger partial charge >= 0.3 is 12.1 Å². The molecule has 32 heavy (non-hydrogen) atoms. The van der Waals surface area contributed by atoms with E-state index in [-0.39, 0.29) is 5.56 Å². The summed E-state index contributed by atoms with van der Waals surface area (Å²) < 4.78 is 43.7. The number of alkyl halides is 3. The zero-order valence-electron chi connectivity index (χ0n) is 17.3. The number of rotatable bonds is 4. The van der Waals surface area contributed by atoms with E-state index in [0.29, 0.717) is 60.7 Å². The molecule has 2 aromatic carbocycles. The summed E-state index contributed by atoms with van der Waals surface area (Å²) in [5, 5.41) is 0.380. The number of carbonyl (C=O) groups excluding carboxylic acids is 1. The Labute approximate surface area is 181 Å². The van der Waals surface area contributed by atoms with Crippen molar-refractivity contribution in [3.8, 4) is 0 Å². The largest absolute Gasteiger partial charge is 0.465 e. The third kappa shape index (κ3) is 4.59. The number of anilines is 1. The number of quaternary nitrogens is 1. The molecule has 0 radical (unpaired) electrons. The Bertz CT molecular complexity index is 1200. The maximum atomic E-state index is 13.0. The smallest absolute Gasteiger partial charge is 0.416 e. The number of halogens is 3. The molecule has 1 aliphatic heterocycles. The van der Waals surface area contributed by atoms with Crippen molar-refractivity contribution in [3.63, 3.8) is 0 Å². The van der Waals surface area contributed by atoms with Gasteiger partial charge in [0.15, 0.2) is 5.82 Å². The number of benzene rings is 2. The van der Waals surface area contributed by atoms with Crippen LogP contribution in [0.5, 0.6) is 0 Å². The number of carbonyl (C=O) groups is 1. The molecule has 2 heterocycles. The van der Waals surface area contributed by atoms with Gasteiger partial charge in [0, 0.05) is 5.69 Å². The van der Waals surface area contributed by atoms with E-state index in [0.717, 1.165) is 11.0 Å². The molecule has 0 aliphatic carbocycles. The molecule has 0 saturated carbocycles. The molecule has 3 aromatic rings. The number of methoxy groups -OCH3 is 1. The van der Waals surface area contributed by atoms with Crippen molar-refractivity contribution >= 4 is 22.6 Å². The molecule has 4 rings (SSSR count). The van der Waals surface area contributed by atoms with Gasteiger partial charge in [-0.15, -0.1) is 0 Å². The topological polar surface area (TPSA) is 79.7 Å². The van der Waals surface area contributed by atoms with Gasteiger partial charge in [-0.05, 0) is 36.4 Å². The second-order valence-electron chi connectivity index (χ2n) is 7.70. The second kappa shape index (κ2) is 8.62. The first-order chi connectivity index (χ1) is 15.2. The van der Waals surface area contributed by atoms with Gasteiger partial charge in [-0.2, -0.15) is 13.2 Å². The van der Waals surface area contributed by atoms with Crippen LogP contribution >= 0.6 is 0 Å². The van der Waals surface area contributed by atoms with Crippen molar-refractivity contribution in [2.24, 2.45) is 0 Å². The number of piperazine rings is 1. The minimum atomic E-state index is -4.37. The highest BCUT2D eigenvalue weighted by Gasteiger charge is 2.31. The lowest BCUT2D eigenvalue weighted by molar-refractivity contribution is -0.915. The minimum Gasteiger partial charge on any atom is -0.465 e. The number of nitrogens with one attached hydrogen (secondary N) is 2. The molecule has 0 atom stereocenters. The predicted molar refractivity (Wildman–Crippen MR) is 112 cm³/mol. The van der Waals surface area contributed by atoms with Crippen molar-refractivity contribution in [3.05, 3.63) is 69.8 Å². The molecule has 10 heteroatoms. The molecule has 1 fully saturated rings. The first-order valence-electron chi connectivity index (χ1n) is 10.1. The summed E-state index contributed by atoms with van der Waals surface area (Å²) in [4.78, 5) is 34.5. The number of aromatic amines is 1. The third-order valence-electron chi connectivity index (χ3n) is 5.60. The summed E-state index contributed by atoms with van der Waals surface area (Å²) in [6.45, 7) is 2.99. The molecule has 0 bridgehead atoms. The zero-order chi connectivity index (χ0) is 22.9. The Hall–Kier alpha value is -3.40. The van der Waals surface area contributed by atoms with E-state index in [1.165, 1.54) is 37.4 Å². The van der Waals surface area contributed by atoms with E-state index >= 15 is 0 Å². The van der Waals surface area contributed by atoms with Gasteiger partial charge in [0.25, 0.3) is 5.56 Å². The summed E-state index contributed by atoms with van der Waals surface area (Å²) in [7, 11) is 1.28. The Kier molecular flexibility index (Phi) is 5.88. The lowest BCUT2D eigenvalue weighted by Gasteiger charge is -2.33. The van der Waals surface area contributed by atoms with Crippen LogP contribution in [0.1, 0.15) is 21.7 Å². The number of hydrogen-bond donors (Lipinski definition) is 2. The maximum absolute atomic E-state index is 13.0. The van der Waals surface area contributed by atoms with Crippen molar-refractivity contribution in [1.82, 2.24) is 9.97 Å². The van der Waals surface area contributed by atoms with Gasteiger partial charge in [0.05, 0.1) is 55.3 Å². The molecule has 1 aliphatic rings. The summed E-state index contributed by atoms with van der Waals surface area (Å²) in [6, 6.07) is 9.93. The lowest BCUT2D eigenvalue weighted by Crippen LogP contribution is -3.13. The molecule has 1 aromatic heterocycles. The molecule has 0 spiro atoms. The van der Waals surface area contributed by atoms with Gasteiger partial charge in [-0.25, -0.2) is 9.78 Å². The highest BCUT2D eigenvalue weighted by atomic mass is 19.4. The zero-order valence-corrected chi connectivity index (χ0v) is 17.3. The van der Waals surface area contributed by atoms with E-state index < -0.39 is 17.7 Å². The van der Waals surface area contributed by atoms with Crippen LogP contribution in [0.4, 0.5) is 18.9 Å². The standard InChI is InChI=1S/C22H21F3N4O3/c1-32-21(31)14-5-6-17-18(11-14)26-19(27-20(17)30)13-28-7-9-29(10-8-28)16-4-2-3-15(12-16)22(23,24)25/h2-6,11-12H,7-10,13H2,1H3,(H,26,27,30)/p+1. The van der Waals surface area contributed by atoms with E-state index in [9.17, 15) is 22.8 Å². The van der Waals surface area contributed by atoms with Crippen LogP contribution in [-0.4, -0.2) is 49.2 Å². The monoisotopic (exact) mass is 447 g/mol. The fraction of sp³-hybridized carbons (Fsp3) is 0.318. The Morgan fingerprint density at radius 2 is 1.94 bits per heavy atom. The van der Waals surface area contributed by atoms with Crippen molar-refractivity contribution in [1.29, 1.82) is 0 Å². The number of nitrogens with zero attached hydrogens (tertiary/aromatic N) is 2. The van der Waals surface area contributed by atoms with Gasteiger partial charge in [-0.3, -0.25) is 4.79 Å². The molecular formula is C22H22F3N4O3+. The first-order valence-corrected chi connectivity index (χ1v) is 10.1. The van der Waals surface area contributed by atoms with Crippen LogP contribution in [0, 0.1) is 0 Å². The Morgan fingerprint density at radius 3 is 2.62 bits per heavy atom. The number of H-pyrrole nitrogens is 1. The van der Waals surface area contributed by atoms with Crippen molar-refractivity contribution < 1.29 is 27.6 Å². The Morgan fingerprint density at radius 1 is 1.19 bits per heavy atom. The number of fused-ring (bicyclic) bond motifs is 1. The quantitative estimate of drug-likeness (QED) is 0.595. The van der Waals surface area contributed by atoms with E-state index in [1.807, 2.05) is 4.90 Å². The summed E-state index contributed by atoms with van der Waals surface area (Å²) >= 11 is 0. The third-order valence-corrected chi connectivity index (χ3v) is 5.60. The summed E-state index contributed by atoms with van der Waals surface area (Å²) in [6.07, 6.45) is -4.37. The normalized spacial score (nSPS) is 15.2. The van der Waals surface area contributed by atoms with Gasteiger partial charge < -0.3 is 19.5 Å². The average molecular weight is 447 g/mol. The van der Waals surface area contributed by atoms with Crippen LogP contribution in [0.25, 0.3) is 10.9 Å². The van der Waals surface area contributed by atoms with Gasteiger partial charge in [0.2, 0.25) is 0 Å². The van der Waals surface area contributed by atoms with Crippen LogP contribution in [0.15, 0.2) is 47.3 Å². The molecule has 0 amide bonds. The fourth-order valence-corrected chi connectivity index (χ4v) is 3.89. The summed E-state index contributed by atoms with van der Waals surface area (Å²) in [5.74, 6) is -0.0149. The fourth-order valence-electron chi connectivity index (χ4n) is 3.89. The average Bonchev–Trinajstić information content (AvgIpc) is 2.78. The summed E-state index contributed by atoms with van der Waals surface area (Å²) in [5.41, 5.74) is 0.323. The molecule has 1 saturated heterocycles. The maximum Gasteiger partial charge on any atom is 0.416 e. The number of ether oxygens (including phenoxy) is 1. The van der Waals surface area contributed by atoms with Crippen molar-refractivity contribution in [2.45, 2.75) is 12.7 Å². The molecule has 168 valence electrons. The van der Waals surface area contributed by atoms with E-state index in [4.69, 9.17) is 4.74 Å². The molecule has 0 unspecified atom stereocenters. The van der Waals surface area contributed by atoms with Crippen LogP contribution in [-0.2, 0) is 17.5 Å². The highest BCUT2D eigenvalue weighted by Crippen LogP contribution is 2.31. The predicted octanol–water partition coefficient (Wildman–Crippen LogP) is 1.63. The van der Waals surface area contributed by atoms with Crippen molar-refractivity contribution in [2.75, 3.05) is 38.2 Å². The van der Waals surface area contributed by atoms with Gasteiger partial charge in [-0.1, -0.05) is 6.07 Å². The lowest BCUT2D eigenvalue weighted by atomic mass is 10.1. The van der Waals surface area contributed by atoms with E-state index in [2.05, 4.69) is 9.97 Å². The van der Waals surface area contributed by atoms with Crippen LogP contribution < -0.4 is 15.4 Å². The molecule has 2 N–H and O–H groups in total. The number of esters is 1. The minimum absolute atomic E-state index is 0.289. The molecular weight excluding hydrogens is 425 g/mol. The van der Waals surface area contributed by atoms with Crippen LogP contribution in [0.3, 0.4) is 0 Å². The SMILES string of the molecule is COC(=O)c1ccc2c(=O)[nH]c(C[NH+]3CCN(c4cccc(C(F)(F)F)c4)CC3)nc2c1. The van der Waals surface area contributed by atoms with Gasteiger partial charge in [0.1, 0.15) is 6.54 Å².